The van der Waals surface area contributed by atoms with Crippen molar-refractivity contribution in [1.29, 1.82) is 0 Å². The first-order valence-corrected chi connectivity index (χ1v) is 4.86. The van der Waals surface area contributed by atoms with Crippen molar-refractivity contribution in [3.05, 3.63) is 18.3 Å². The fraction of sp³-hybridized carbons (Fsp3) is 0. The SMILES string of the molecule is Nc1nnc2ccc(N[SH](=O)=O)cn12. The van der Waals surface area contributed by atoms with E-state index in [2.05, 4.69) is 14.9 Å². The highest BCUT2D eigenvalue weighted by Crippen LogP contribution is 2.11. The van der Waals surface area contributed by atoms with E-state index in [1.54, 1.807) is 12.1 Å². The van der Waals surface area contributed by atoms with E-state index in [-0.39, 0.29) is 5.95 Å². The molecule has 0 saturated heterocycles. The van der Waals surface area contributed by atoms with Crippen LogP contribution in [0.15, 0.2) is 18.3 Å². The van der Waals surface area contributed by atoms with Crippen LogP contribution in [0.1, 0.15) is 0 Å². The van der Waals surface area contributed by atoms with Crippen LogP contribution in [0, 0.1) is 0 Å². The van der Waals surface area contributed by atoms with Gasteiger partial charge in [0.05, 0.1) is 5.69 Å². The summed E-state index contributed by atoms with van der Waals surface area (Å²) in [6.45, 7) is 0. The Morgan fingerprint density at radius 2 is 2.14 bits per heavy atom. The molecule has 0 fully saturated rings. The van der Waals surface area contributed by atoms with Crippen LogP contribution in [0.25, 0.3) is 5.65 Å². The van der Waals surface area contributed by atoms with Crippen LogP contribution in [0.5, 0.6) is 0 Å². The van der Waals surface area contributed by atoms with Gasteiger partial charge in [-0.2, -0.15) is 0 Å². The zero-order valence-corrected chi connectivity index (χ0v) is 7.81. The molecular formula is C6H7N5O2S. The molecule has 0 aliphatic rings. The van der Waals surface area contributed by atoms with Crippen molar-refractivity contribution in [3.8, 4) is 0 Å². The van der Waals surface area contributed by atoms with Crippen LogP contribution in [-0.2, 0) is 10.9 Å². The summed E-state index contributed by atoms with van der Waals surface area (Å²) in [6.07, 6.45) is 1.51. The monoisotopic (exact) mass is 213 g/mol. The highest BCUT2D eigenvalue weighted by molar-refractivity contribution is 7.73. The summed E-state index contributed by atoms with van der Waals surface area (Å²) >= 11 is 0. The lowest BCUT2D eigenvalue weighted by atomic mass is 10.4. The molecule has 0 aromatic carbocycles. The summed E-state index contributed by atoms with van der Waals surface area (Å²) in [7, 11) is -2.67. The van der Waals surface area contributed by atoms with Gasteiger partial charge < -0.3 is 5.73 Å². The number of anilines is 2. The molecule has 0 spiro atoms. The molecule has 14 heavy (non-hydrogen) atoms. The van der Waals surface area contributed by atoms with Gasteiger partial charge in [0.25, 0.3) is 0 Å². The number of hydrogen-bond donors (Lipinski definition) is 3. The van der Waals surface area contributed by atoms with E-state index in [0.29, 0.717) is 11.3 Å². The maximum Gasteiger partial charge on any atom is 0.226 e. The van der Waals surface area contributed by atoms with Crippen LogP contribution in [-0.4, -0.2) is 23.0 Å². The number of aromatic nitrogens is 3. The number of hydrogen-bond acceptors (Lipinski definition) is 5. The Morgan fingerprint density at radius 1 is 1.36 bits per heavy atom. The first-order chi connectivity index (χ1) is 6.66. The predicted octanol–water partition coefficient (Wildman–Crippen LogP) is -0.750. The molecule has 0 unspecified atom stereocenters. The van der Waals surface area contributed by atoms with Gasteiger partial charge in [0.15, 0.2) is 5.65 Å². The van der Waals surface area contributed by atoms with Crippen molar-refractivity contribution in [2.75, 3.05) is 10.5 Å². The van der Waals surface area contributed by atoms with E-state index in [0.717, 1.165) is 0 Å². The van der Waals surface area contributed by atoms with Crippen LogP contribution >= 0.6 is 0 Å². The average Bonchev–Trinajstić information content (AvgIpc) is 2.47. The number of thiol groups is 1. The van der Waals surface area contributed by atoms with Crippen molar-refractivity contribution in [1.82, 2.24) is 14.6 Å². The molecule has 8 heteroatoms. The lowest BCUT2D eigenvalue weighted by molar-refractivity contribution is 0.619. The summed E-state index contributed by atoms with van der Waals surface area (Å²) in [5.74, 6) is 0.213. The second-order valence-corrected chi connectivity index (χ2v) is 3.31. The van der Waals surface area contributed by atoms with Crippen molar-refractivity contribution in [3.63, 3.8) is 0 Å². The van der Waals surface area contributed by atoms with Gasteiger partial charge >= 0.3 is 0 Å². The normalized spacial score (nSPS) is 10.9. The second kappa shape index (κ2) is 3.14. The lowest BCUT2D eigenvalue weighted by Crippen LogP contribution is -1.98. The Kier molecular flexibility index (Phi) is 1.97. The first kappa shape index (κ1) is 8.75. The second-order valence-electron chi connectivity index (χ2n) is 2.57. The van der Waals surface area contributed by atoms with Gasteiger partial charge in [0, 0.05) is 6.20 Å². The Labute approximate surface area is 80.6 Å². The third-order valence-corrected chi connectivity index (χ3v) is 2.09. The fourth-order valence-corrected chi connectivity index (χ4v) is 1.42. The Balaban J connectivity index is 2.54. The van der Waals surface area contributed by atoms with Gasteiger partial charge in [0.2, 0.25) is 16.8 Å². The third kappa shape index (κ3) is 1.46. The third-order valence-electron chi connectivity index (χ3n) is 1.65. The first-order valence-electron chi connectivity index (χ1n) is 3.68. The van der Waals surface area contributed by atoms with E-state index in [1.165, 1.54) is 10.6 Å². The standard InChI is InChI=1S/C6H7N5O2S/c7-6-9-8-5-2-1-4(3-11(5)6)10-14(12)13/h1-3,14H,(H2,7,9)(H,10,12,13). The summed E-state index contributed by atoms with van der Waals surface area (Å²) in [5, 5.41) is 7.38. The quantitative estimate of drug-likeness (QED) is 0.569. The molecule has 7 nitrogen and oxygen atoms in total. The molecule has 0 saturated carbocycles. The van der Waals surface area contributed by atoms with Crippen molar-refractivity contribution in [2.45, 2.75) is 0 Å². The van der Waals surface area contributed by atoms with Crippen molar-refractivity contribution < 1.29 is 8.42 Å². The van der Waals surface area contributed by atoms with Crippen molar-refractivity contribution >= 4 is 28.2 Å². The molecule has 0 bridgehead atoms. The summed E-state index contributed by atoms with van der Waals surface area (Å²) < 4.78 is 24.5. The number of nitrogen functional groups attached to an aromatic ring is 1. The van der Waals surface area contributed by atoms with E-state index in [4.69, 9.17) is 5.73 Å². The van der Waals surface area contributed by atoms with E-state index in [9.17, 15) is 8.42 Å². The zero-order chi connectivity index (χ0) is 10.1. The molecule has 0 radical (unpaired) electrons. The van der Waals surface area contributed by atoms with Crippen LogP contribution in [0.4, 0.5) is 11.6 Å². The molecular weight excluding hydrogens is 206 g/mol. The zero-order valence-electron chi connectivity index (χ0n) is 6.91. The molecule has 2 heterocycles. The number of nitrogens with one attached hydrogen (secondary N) is 1. The van der Waals surface area contributed by atoms with Crippen molar-refractivity contribution in [2.24, 2.45) is 0 Å². The molecule has 0 atom stereocenters. The maximum absolute atomic E-state index is 10.4. The topological polar surface area (TPSA) is 102 Å². The van der Waals surface area contributed by atoms with E-state index < -0.39 is 10.9 Å². The number of nitrogens with zero attached hydrogens (tertiary/aromatic N) is 3. The van der Waals surface area contributed by atoms with Crippen LogP contribution < -0.4 is 10.5 Å². The minimum absolute atomic E-state index is 0.213. The average molecular weight is 213 g/mol. The van der Waals surface area contributed by atoms with E-state index >= 15 is 0 Å². The van der Waals surface area contributed by atoms with Gasteiger partial charge in [-0.1, -0.05) is 0 Å². The molecule has 3 N–H and O–H groups in total. The van der Waals surface area contributed by atoms with Gasteiger partial charge in [-0.25, -0.2) is 8.42 Å². The van der Waals surface area contributed by atoms with Gasteiger partial charge in [-0.3, -0.25) is 9.12 Å². The minimum atomic E-state index is -2.67. The summed E-state index contributed by atoms with van der Waals surface area (Å²) in [4.78, 5) is 0. The highest BCUT2D eigenvalue weighted by Gasteiger charge is 2.01. The molecule has 74 valence electrons. The smallest absolute Gasteiger partial charge is 0.226 e. The largest absolute Gasteiger partial charge is 0.368 e. The maximum atomic E-state index is 10.4. The summed E-state index contributed by atoms with van der Waals surface area (Å²) in [6, 6.07) is 3.19. The molecule has 2 aromatic rings. The van der Waals surface area contributed by atoms with E-state index in [1.807, 2.05) is 0 Å². The number of rotatable bonds is 2. The number of fused-ring (bicyclic) bond motifs is 1. The number of pyridine rings is 1. The van der Waals surface area contributed by atoms with Gasteiger partial charge in [-0.15, -0.1) is 10.2 Å². The molecule has 0 aliphatic heterocycles. The predicted molar refractivity (Wildman–Crippen MR) is 51.3 cm³/mol. The molecule has 0 amide bonds. The summed E-state index contributed by atoms with van der Waals surface area (Å²) in [5.41, 5.74) is 6.47. The Bertz CT molecular complexity index is 538. The Hall–Kier alpha value is -1.83. The fourth-order valence-electron chi connectivity index (χ4n) is 1.08. The van der Waals surface area contributed by atoms with Gasteiger partial charge in [-0.05, 0) is 12.1 Å². The van der Waals surface area contributed by atoms with Gasteiger partial charge in [0.1, 0.15) is 0 Å². The number of nitrogens with two attached hydrogens (primary N) is 1. The minimum Gasteiger partial charge on any atom is -0.368 e. The van der Waals surface area contributed by atoms with Crippen LogP contribution in [0.2, 0.25) is 0 Å². The highest BCUT2D eigenvalue weighted by atomic mass is 32.2. The lowest BCUT2D eigenvalue weighted by Gasteiger charge is -1.99. The molecule has 2 rings (SSSR count). The van der Waals surface area contributed by atoms with Crippen LogP contribution in [0.3, 0.4) is 0 Å². The Morgan fingerprint density at radius 3 is 2.86 bits per heavy atom. The molecule has 2 aromatic heterocycles. The molecule has 0 aliphatic carbocycles.